The Hall–Kier alpha value is -2.72. The fraction of sp³-hybridized carbons (Fsp3) is 0.0667. The molecule has 22 heavy (non-hydrogen) atoms. The van der Waals surface area contributed by atoms with Crippen LogP contribution in [0, 0.1) is 11.5 Å². The molecule has 7 heteroatoms. The van der Waals surface area contributed by atoms with Gasteiger partial charge in [0, 0.05) is 10.7 Å². The highest BCUT2D eigenvalue weighted by molar-refractivity contribution is 9.10. The quantitative estimate of drug-likeness (QED) is 0.576. The minimum Gasteiger partial charge on any atom is -0.271 e. The molecule has 0 fully saturated rings. The third kappa shape index (κ3) is 2.69. The number of fused-ring (bicyclic) bond motifs is 1. The Morgan fingerprint density at radius 2 is 2.18 bits per heavy atom. The fourth-order valence-corrected chi connectivity index (χ4v) is 2.50. The molecule has 6 nitrogen and oxygen atoms in total. The first-order chi connectivity index (χ1) is 10.7. The van der Waals surface area contributed by atoms with Crippen LogP contribution in [0.3, 0.4) is 0 Å². The Morgan fingerprint density at radius 1 is 1.32 bits per heavy atom. The van der Waals surface area contributed by atoms with E-state index in [4.69, 9.17) is 5.26 Å². The summed E-state index contributed by atoms with van der Waals surface area (Å²) < 4.78 is 2.20. The molecule has 0 bridgehead atoms. The molecule has 1 aromatic carbocycles. The molecule has 108 valence electrons. The van der Waals surface area contributed by atoms with E-state index in [1.54, 1.807) is 30.5 Å². The topological polar surface area (TPSA) is 83.6 Å². The zero-order valence-corrected chi connectivity index (χ0v) is 12.9. The Bertz CT molecular complexity index is 930. The lowest BCUT2D eigenvalue weighted by Gasteiger charge is -2.11. The number of pyridine rings is 1. The third-order valence-electron chi connectivity index (χ3n) is 3.13. The van der Waals surface area contributed by atoms with Gasteiger partial charge >= 0.3 is 0 Å². The molecule has 0 atom stereocenters. The van der Waals surface area contributed by atoms with Crippen LogP contribution in [0.2, 0.25) is 0 Å². The monoisotopic (exact) mass is 355 g/mol. The van der Waals surface area contributed by atoms with E-state index in [1.165, 1.54) is 4.57 Å². The number of aromatic nitrogens is 3. The van der Waals surface area contributed by atoms with Crippen LogP contribution < -0.4 is 10.9 Å². The van der Waals surface area contributed by atoms with Crippen LogP contribution in [-0.2, 0) is 6.54 Å². The Labute approximate surface area is 134 Å². The van der Waals surface area contributed by atoms with Gasteiger partial charge in [0.1, 0.15) is 0 Å². The van der Waals surface area contributed by atoms with Crippen LogP contribution in [0.25, 0.3) is 10.9 Å². The van der Waals surface area contributed by atoms with Crippen molar-refractivity contribution in [2.24, 2.45) is 0 Å². The first-order valence-electron chi connectivity index (χ1n) is 6.44. The van der Waals surface area contributed by atoms with Crippen LogP contribution in [0.4, 0.5) is 5.95 Å². The Morgan fingerprint density at radius 3 is 2.91 bits per heavy atom. The molecule has 2 heterocycles. The molecule has 0 aliphatic carbocycles. The lowest BCUT2D eigenvalue weighted by atomic mass is 10.2. The lowest BCUT2D eigenvalue weighted by Crippen LogP contribution is -2.25. The van der Waals surface area contributed by atoms with Crippen molar-refractivity contribution in [3.05, 3.63) is 63.1 Å². The van der Waals surface area contributed by atoms with Gasteiger partial charge in [0.05, 0.1) is 23.1 Å². The second kappa shape index (κ2) is 5.95. The van der Waals surface area contributed by atoms with Gasteiger partial charge < -0.3 is 0 Å². The molecule has 3 aromatic rings. The van der Waals surface area contributed by atoms with Crippen molar-refractivity contribution in [3.8, 4) is 6.19 Å². The number of nitrogens with zero attached hydrogens (tertiary/aromatic N) is 4. The maximum absolute atomic E-state index is 12.7. The van der Waals surface area contributed by atoms with E-state index in [1.807, 2.05) is 18.3 Å². The standard InChI is InChI=1S/C15H10BrN5O/c16-10-4-5-13-12(7-10)14(22)21(15(20-13)19-9-17)8-11-3-1-2-6-18-11/h1-7H,8H2,(H,19,20). The van der Waals surface area contributed by atoms with Crippen LogP contribution in [0.15, 0.2) is 51.9 Å². The van der Waals surface area contributed by atoms with Gasteiger partial charge in [-0.2, -0.15) is 5.26 Å². The van der Waals surface area contributed by atoms with Crippen molar-refractivity contribution < 1.29 is 0 Å². The van der Waals surface area contributed by atoms with Crippen LogP contribution >= 0.6 is 15.9 Å². The summed E-state index contributed by atoms with van der Waals surface area (Å²) in [5, 5.41) is 11.8. The van der Waals surface area contributed by atoms with Crippen LogP contribution in [-0.4, -0.2) is 14.5 Å². The summed E-state index contributed by atoms with van der Waals surface area (Å²) >= 11 is 3.35. The molecule has 0 saturated carbocycles. The van der Waals surface area contributed by atoms with Gasteiger partial charge in [-0.1, -0.05) is 22.0 Å². The highest BCUT2D eigenvalue weighted by Gasteiger charge is 2.12. The van der Waals surface area contributed by atoms with Crippen molar-refractivity contribution in [1.29, 1.82) is 5.26 Å². The van der Waals surface area contributed by atoms with Gasteiger partial charge in [-0.25, -0.2) is 4.98 Å². The number of nitrogens with one attached hydrogen (secondary N) is 1. The molecule has 0 unspecified atom stereocenters. The molecule has 0 aliphatic rings. The molecule has 1 N–H and O–H groups in total. The predicted octanol–water partition coefficient (Wildman–Crippen LogP) is 2.50. The maximum Gasteiger partial charge on any atom is 0.263 e. The number of anilines is 1. The molecule has 3 rings (SSSR count). The summed E-state index contributed by atoms with van der Waals surface area (Å²) in [6, 6.07) is 10.7. The van der Waals surface area contributed by atoms with Gasteiger partial charge in [-0.05, 0) is 30.3 Å². The van der Waals surface area contributed by atoms with E-state index in [0.717, 1.165) is 4.47 Å². The van der Waals surface area contributed by atoms with Gasteiger partial charge in [0.25, 0.3) is 5.56 Å². The summed E-state index contributed by atoms with van der Waals surface area (Å²) in [6.07, 6.45) is 3.47. The SMILES string of the molecule is N#CNc1nc2ccc(Br)cc2c(=O)n1Cc1ccccn1. The fourth-order valence-electron chi connectivity index (χ4n) is 2.14. The van der Waals surface area contributed by atoms with Crippen molar-refractivity contribution >= 4 is 32.8 Å². The smallest absolute Gasteiger partial charge is 0.263 e. The number of nitriles is 1. The maximum atomic E-state index is 12.7. The molecule has 2 aromatic heterocycles. The van der Waals surface area contributed by atoms with E-state index in [0.29, 0.717) is 16.6 Å². The van der Waals surface area contributed by atoms with Crippen molar-refractivity contribution in [2.45, 2.75) is 6.54 Å². The molecule has 0 spiro atoms. The zero-order chi connectivity index (χ0) is 15.5. The Balaban J connectivity index is 2.22. The van der Waals surface area contributed by atoms with Crippen molar-refractivity contribution in [2.75, 3.05) is 5.32 Å². The molecule has 0 radical (unpaired) electrons. The average Bonchev–Trinajstić information content (AvgIpc) is 2.53. The number of hydrogen-bond donors (Lipinski definition) is 1. The molecule has 0 aliphatic heterocycles. The zero-order valence-electron chi connectivity index (χ0n) is 11.3. The van der Waals surface area contributed by atoms with Crippen molar-refractivity contribution in [1.82, 2.24) is 14.5 Å². The first-order valence-corrected chi connectivity index (χ1v) is 7.23. The number of halogens is 1. The van der Waals surface area contributed by atoms with E-state index < -0.39 is 0 Å². The minimum absolute atomic E-state index is 0.202. The van der Waals surface area contributed by atoms with Crippen LogP contribution in [0.5, 0.6) is 0 Å². The summed E-state index contributed by atoms with van der Waals surface area (Å²) in [7, 11) is 0. The van der Waals surface area contributed by atoms with Gasteiger partial charge in [0.2, 0.25) is 5.95 Å². The summed E-state index contributed by atoms with van der Waals surface area (Å²) in [6.45, 7) is 0.235. The van der Waals surface area contributed by atoms with Crippen molar-refractivity contribution in [3.63, 3.8) is 0 Å². The third-order valence-corrected chi connectivity index (χ3v) is 3.62. The van der Waals surface area contributed by atoms with E-state index >= 15 is 0 Å². The summed E-state index contributed by atoms with van der Waals surface area (Å²) in [5.74, 6) is 0.202. The van der Waals surface area contributed by atoms with Gasteiger partial charge in [0.15, 0.2) is 6.19 Å². The van der Waals surface area contributed by atoms with E-state index in [-0.39, 0.29) is 18.1 Å². The average molecular weight is 356 g/mol. The van der Waals surface area contributed by atoms with Crippen LogP contribution in [0.1, 0.15) is 5.69 Å². The number of rotatable bonds is 3. The number of hydrogen-bond acceptors (Lipinski definition) is 5. The summed E-state index contributed by atoms with van der Waals surface area (Å²) in [5.41, 5.74) is 1.01. The lowest BCUT2D eigenvalue weighted by molar-refractivity contribution is 0.741. The highest BCUT2D eigenvalue weighted by atomic mass is 79.9. The van der Waals surface area contributed by atoms with Gasteiger partial charge in [-0.15, -0.1) is 0 Å². The number of benzene rings is 1. The second-order valence-corrected chi connectivity index (χ2v) is 5.46. The van der Waals surface area contributed by atoms with Gasteiger partial charge in [-0.3, -0.25) is 19.7 Å². The second-order valence-electron chi connectivity index (χ2n) is 4.55. The first kappa shape index (κ1) is 14.2. The molecule has 0 amide bonds. The molecule has 0 saturated heterocycles. The predicted molar refractivity (Wildman–Crippen MR) is 86.3 cm³/mol. The minimum atomic E-state index is -0.227. The van der Waals surface area contributed by atoms with E-state index in [9.17, 15) is 4.79 Å². The molecular formula is C15H10BrN5O. The van der Waals surface area contributed by atoms with E-state index in [2.05, 4.69) is 31.2 Å². The normalized spacial score (nSPS) is 10.4. The largest absolute Gasteiger partial charge is 0.271 e. The Kier molecular flexibility index (Phi) is 3.85. The highest BCUT2D eigenvalue weighted by Crippen LogP contribution is 2.17. The molecular weight excluding hydrogens is 346 g/mol. The summed E-state index contributed by atoms with van der Waals surface area (Å²) in [4.78, 5) is 21.3.